The fourth-order valence-corrected chi connectivity index (χ4v) is 4.07. The van der Waals surface area contributed by atoms with Crippen molar-refractivity contribution in [1.82, 2.24) is 9.47 Å². The van der Waals surface area contributed by atoms with Gasteiger partial charge in [0.05, 0.1) is 18.4 Å². The molecule has 1 aromatic heterocycles. The second-order valence-electron chi connectivity index (χ2n) is 7.96. The summed E-state index contributed by atoms with van der Waals surface area (Å²) in [5, 5.41) is 0. The van der Waals surface area contributed by atoms with Gasteiger partial charge in [0, 0.05) is 23.5 Å². The molecule has 2 atom stereocenters. The van der Waals surface area contributed by atoms with Crippen LogP contribution in [-0.2, 0) is 16.1 Å². The molecule has 2 aliphatic rings. The first kappa shape index (κ1) is 18.6. The van der Waals surface area contributed by atoms with E-state index in [4.69, 9.17) is 0 Å². The molecule has 5 nitrogen and oxygen atoms in total. The van der Waals surface area contributed by atoms with Gasteiger partial charge in [-0.15, -0.1) is 0 Å². The highest BCUT2D eigenvalue weighted by atomic mass is 16.2. The molecule has 140 valence electrons. The zero-order chi connectivity index (χ0) is 19.0. The monoisotopic (exact) mass is 356 g/mol. The lowest BCUT2D eigenvalue weighted by atomic mass is 9.85. The minimum absolute atomic E-state index is 0.140. The number of fused-ring (bicyclic) bond motifs is 1. The SMILES string of the molecule is Cc1cc(C(=O)CN2C(=O)C3CC=CCC3C2=O)c(C)n1CCC(C)C. The van der Waals surface area contributed by atoms with E-state index < -0.39 is 0 Å². The lowest BCUT2D eigenvalue weighted by Crippen LogP contribution is -2.36. The number of aromatic nitrogens is 1. The lowest BCUT2D eigenvalue weighted by Gasteiger charge is -2.14. The number of allylic oxidation sites excluding steroid dienone is 2. The molecule has 5 heteroatoms. The molecule has 1 aromatic rings. The maximum Gasteiger partial charge on any atom is 0.233 e. The van der Waals surface area contributed by atoms with Gasteiger partial charge in [0.25, 0.3) is 0 Å². The van der Waals surface area contributed by atoms with Crippen molar-refractivity contribution in [3.05, 3.63) is 35.2 Å². The van der Waals surface area contributed by atoms with E-state index in [1.54, 1.807) is 0 Å². The molecule has 26 heavy (non-hydrogen) atoms. The minimum Gasteiger partial charge on any atom is -0.348 e. The molecule has 0 N–H and O–H groups in total. The van der Waals surface area contributed by atoms with Gasteiger partial charge < -0.3 is 4.57 Å². The van der Waals surface area contributed by atoms with E-state index in [1.165, 1.54) is 4.90 Å². The predicted octanol–water partition coefficient (Wildman–Crippen LogP) is 3.28. The Morgan fingerprint density at radius 1 is 1.12 bits per heavy atom. The van der Waals surface area contributed by atoms with Crippen LogP contribution in [-0.4, -0.2) is 33.6 Å². The van der Waals surface area contributed by atoms with Crippen LogP contribution in [0, 0.1) is 31.6 Å². The van der Waals surface area contributed by atoms with Crippen LogP contribution in [0.3, 0.4) is 0 Å². The smallest absolute Gasteiger partial charge is 0.233 e. The first-order valence-electron chi connectivity index (χ1n) is 9.51. The fraction of sp³-hybridized carbons (Fsp3) is 0.571. The Morgan fingerprint density at radius 3 is 2.23 bits per heavy atom. The Bertz CT molecular complexity index is 746. The number of Topliss-reactive ketones (excluding diaryl/α,β-unsaturated/α-hetero) is 1. The molecule has 1 aliphatic carbocycles. The van der Waals surface area contributed by atoms with E-state index in [-0.39, 0.29) is 36.0 Å². The molecule has 3 rings (SSSR count). The number of carbonyl (C=O) groups excluding carboxylic acids is 3. The van der Waals surface area contributed by atoms with Crippen molar-refractivity contribution in [2.24, 2.45) is 17.8 Å². The number of likely N-dealkylation sites (tertiary alicyclic amines) is 1. The molecule has 0 aromatic carbocycles. The highest BCUT2D eigenvalue weighted by molar-refractivity contribution is 6.10. The third-order valence-corrected chi connectivity index (χ3v) is 5.70. The Labute approximate surface area is 155 Å². The average molecular weight is 356 g/mol. The third-order valence-electron chi connectivity index (χ3n) is 5.70. The van der Waals surface area contributed by atoms with Crippen LogP contribution < -0.4 is 0 Å². The van der Waals surface area contributed by atoms with E-state index in [2.05, 4.69) is 18.4 Å². The van der Waals surface area contributed by atoms with Gasteiger partial charge in [-0.25, -0.2) is 0 Å². The van der Waals surface area contributed by atoms with Gasteiger partial charge in [0.1, 0.15) is 0 Å². The van der Waals surface area contributed by atoms with Crippen LogP contribution >= 0.6 is 0 Å². The summed E-state index contributed by atoms with van der Waals surface area (Å²) in [6.07, 6.45) is 6.16. The van der Waals surface area contributed by atoms with Crippen LogP contribution in [0.5, 0.6) is 0 Å². The van der Waals surface area contributed by atoms with Crippen LogP contribution in [0.1, 0.15) is 54.9 Å². The summed E-state index contributed by atoms with van der Waals surface area (Å²) in [4.78, 5) is 39.2. The summed E-state index contributed by atoms with van der Waals surface area (Å²) < 4.78 is 2.16. The number of hydrogen-bond donors (Lipinski definition) is 0. The number of imide groups is 1. The van der Waals surface area contributed by atoms with Crippen molar-refractivity contribution in [3.8, 4) is 0 Å². The molecule has 0 spiro atoms. The van der Waals surface area contributed by atoms with Gasteiger partial charge in [0.2, 0.25) is 11.8 Å². The lowest BCUT2D eigenvalue weighted by molar-refractivity contribution is -0.139. The van der Waals surface area contributed by atoms with Gasteiger partial charge in [-0.1, -0.05) is 26.0 Å². The van der Waals surface area contributed by atoms with E-state index in [0.717, 1.165) is 24.4 Å². The first-order valence-corrected chi connectivity index (χ1v) is 9.51. The maximum atomic E-state index is 12.8. The molecular weight excluding hydrogens is 328 g/mol. The van der Waals surface area contributed by atoms with Gasteiger partial charge in [-0.05, 0) is 45.1 Å². The highest BCUT2D eigenvalue weighted by Gasteiger charge is 2.47. The Morgan fingerprint density at radius 2 is 1.69 bits per heavy atom. The summed E-state index contributed by atoms with van der Waals surface area (Å²) in [7, 11) is 0. The van der Waals surface area contributed by atoms with E-state index in [0.29, 0.717) is 24.3 Å². The molecule has 0 radical (unpaired) electrons. The largest absolute Gasteiger partial charge is 0.348 e. The number of carbonyl (C=O) groups is 3. The van der Waals surface area contributed by atoms with Crippen molar-refractivity contribution in [3.63, 3.8) is 0 Å². The number of amides is 2. The number of nitrogens with zero attached hydrogens (tertiary/aromatic N) is 2. The van der Waals surface area contributed by atoms with Gasteiger partial charge >= 0.3 is 0 Å². The van der Waals surface area contributed by atoms with Crippen LogP contribution in [0.25, 0.3) is 0 Å². The molecule has 2 amide bonds. The molecule has 2 unspecified atom stereocenters. The molecule has 1 fully saturated rings. The van der Waals surface area contributed by atoms with Gasteiger partial charge in [0.15, 0.2) is 5.78 Å². The summed E-state index contributed by atoms with van der Waals surface area (Å²) in [5.41, 5.74) is 2.59. The van der Waals surface area contributed by atoms with Crippen molar-refractivity contribution in [2.75, 3.05) is 6.54 Å². The maximum absolute atomic E-state index is 12.8. The standard InChI is InChI=1S/C21H28N2O3/c1-13(2)9-10-22-14(3)11-18(15(22)4)19(24)12-23-20(25)16-7-5-6-8-17(16)21(23)26/h5-6,11,13,16-17H,7-10,12H2,1-4H3. The topological polar surface area (TPSA) is 59.4 Å². The van der Waals surface area contributed by atoms with Crippen molar-refractivity contribution < 1.29 is 14.4 Å². The number of aryl methyl sites for hydroxylation is 1. The quantitative estimate of drug-likeness (QED) is 0.446. The molecule has 1 aliphatic heterocycles. The van der Waals surface area contributed by atoms with Crippen molar-refractivity contribution >= 4 is 17.6 Å². The van der Waals surface area contributed by atoms with Crippen LogP contribution in [0.4, 0.5) is 0 Å². The Kier molecular flexibility index (Phi) is 5.17. The van der Waals surface area contributed by atoms with Crippen LogP contribution in [0.15, 0.2) is 18.2 Å². The number of rotatable bonds is 6. The van der Waals surface area contributed by atoms with Gasteiger partial charge in [-0.2, -0.15) is 0 Å². The molecule has 2 heterocycles. The van der Waals surface area contributed by atoms with E-state index in [1.807, 2.05) is 32.1 Å². The zero-order valence-corrected chi connectivity index (χ0v) is 16.1. The van der Waals surface area contributed by atoms with E-state index >= 15 is 0 Å². The predicted molar refractivity (Wildman–Crippen MR) is 99.8 cm³/mol. The molecular formula is C21H28N2O3. The fourth-order valence-electron chi connectivity index (χ4n) is 4.07. The number of ketones is 1. The second-order valence-corrected chi connectivity index (χ2v) is 7.96. The zero-order valence-electron chi connectivity index (χ0n) is 16.1. The Hall–Kier alpha value is -2.17. The number of hydrogen-bond acceptors (Lipinski definition) is 3. The normalized spacial score (nSPS) is 22.4. The third kappa shape index (κ3) is 3.27. The van der Waals surface area contributed by atoms with E-state index in [9.17, 15) is 14.4 Å². The molecule has 0 saturated carbocycles. The van der Waals surface area contributed by atoms with Crippen LogP contribution in [0.2, 0.25) is 0 Å². The van der Waals surface area contributed by atoms with Crippen molar-refractivity contribution in [2.45, 2.75) is 53.5 Å². The summed E-state index contributed by atoms with van der Waals surface area (Å²) >= 11 is 0. The summed E-state index contributed by atoms with van der Waals surface area (Å²) in [6, 6.07) is 1.89. The molecule has 0 bridgehead atoms. The summed E-state index contributed by atoms with van der Waals surface area (Å²) in [5.74, 6) is -0.496. The van der Waals surface area contributed by atoms with Gasteiger partial charge in [-0.3, -0.25) is 19.3 Å². The minimum atomic E-state index is -0.279. The molecule has 1 saturated heterocycles. The second kappa shape index (κ2) is 7.22. The average Bonchev–Trinajstić information content (AvgIpc) is 3.02. The Balaban J connectivity index is 1.75. The summed E-state index contributed by atoms with van der Waals surface area (Å²) in [6.45, 7) is 9.03. The first-order chi connectivity index (χ1) is 12.3. The van der Waals surface area contributed by atoms with Crippen molar-refractivity contribution in [1.29, 1.82) is 0 Å². The highest BCUT2D eigenvalue weighted by Crippen LogP contribution is 2.35.